The number of halogens is 3. The number of alkyl halides is 3. The Kier molecular flexibility index (Phi) is 6.18. The van der Waals surface area contributed by atoms with E-state index in [1.54, 1.807) is 11.0 Å². The van der Waals surface area contributed by atoms with Gasteiger partial charge in [-0.05, 0) is 30.9 Å². The molecule has 2 amide bonds. The summed E-state index contributed by atoms with van der Waals surface area (Å²) >= 11 is 0. The Morgan fingerprint density at radius 3 is 2.59 bits per heavy atom. The number of benzene rings is 1. The van der Waals surface area contributed by atoms with E-state index in [0.29, 0.717) is 51.0 Å². The second kappa shape index (κ2) is 8.46. The van der Waals surface area contributed by atoms with Crippen LogP contribution in [0.2, 0.25) is 0 Å². The molecule has 0 unspecified atom stereocenters. The average molecular weight is 407 g/mol. The van der Waals surface area contributed by atoms with Gasteiger partial charge in [0.1, 0.15) is 0 Å². The molecular formula is C21H24F3N3O2. The monoisotopic (exact) mass is 407 g/mol. The van der Waals surface area contributed by atoms with E-state index in [9.17, 15) is 22.8 Å². The number of hydrogen-bond acceptors (Lipinski definition) is 3. The van der Waals surface area contributed by atoms with E-state index >= 15 is 0 Å². The third kappa shape index (κ3) is 4.91. The van der Waals surface area contributed by atoms with Gasteiger partial charge in [-0.25, -0.2) is 0 Å². The molecule has 5 nitrogen and oxygen atoms in total. The van der Waals surface area contributed by atoms with Crippen LogP contribution >= 0.6 is 0 Å². The summed E-state index contributed by atoms with van der Waals surface area (Å²) in [4.78, 5) is 28.7. The SMILES string of the molecule is C#CCNC(=O)CN1CCCN(C(=O)C2(c3cccc(C(F)(F)F)c3)CC2)CC1. The van der Waals surface area contributed by atoms with Gasteiger partial charge < -0.3 is 10.2 Å². The van der Waals surface area contributed by atoms with Gasteiger partial charge in [0.25, 0.3) is 0 Å². The molecule has 3 rings (SSSR count). The molecule has 1 N–H and O–H groups in total. The van der Waals surface area contributed by atoms with E-state index in [4.69, 9.17) is 6.42 Å². The number of terminal acetylenes is 1. The zero-order chi connectivity index (χ0) is 21.1. The van der Waals surface area contributed by atoms with Crippen LogP contribution in [0.1, 0.15) is 30.4 Å². The van der Waals surface area contributed by atoms with Crippen molar-refractivity contribution in [1.29, 1.82) is 0 Å². The molecule has 2 aliphatic rings. The molecule has 1 aliphatic carbocycles. The number of carbonyl (C=O) groups excluding carboxylic acids is 2. The fraction of sp³-hybridized carbons (Fsp3) is 0.524. The Balaban J connectivity index is 1.65. The first-order chi connectivity index (χ1) is 13.8. The Morgan fingerprint density at radius 1 is 1.17 bits per heavy atom. The maximum atomic E-state index is 13.2. The van der Waals surface area contributed by atoms with E-state index < -0.39 is 17.2 Å². The zero-order valence-electron chi connectivity index (χ0n) is 16.1. The summed E-state index contributed by atoms with van der Waals surface area (Å²) < 4.78 is 39.2. The van der Waals surface area contributed by atoms with Crippen molar-refractivity contribution in [2.24, 2.45) is 0 Å². The number of nitrogens with one attached hydrogen (secondary N) is 1. The van der Waals surface area contributed by atoms with Crippen LogP contribution in [0.4, 0.5) is 13.2 Å². The van der Waals surface area contributed by atoms with Crippen LogP contribution in [0.3, 0.4) is 0 Å². The zero-order valence-corrected chi connectivity index (χ0v) is 16.1. The van der Waals surface area contributed by atoms with Crippen LogP contribution in [-0.4, -0.2) is 60.9 Å². The lowest BCUT2D eigenvalue weighted by atomic mass is 9.92. The normalized spacial score (nSPS) is 19.2. The van der Waals surface area contributed by atoms with Gasteiger partial charge in [0.05, 0.1) is 24.1 Å². The fourth-order valence-corrected chi connectivity index (χ4v) is 3.79. The molecule has 1 aromatic rings. The molecule has 8 heteroatoms. The molecule has 1 aliphatic heterocycles. The van der Waals surface area contributed by atoms with Gasteiger partial charge in [-0.2, -0.15) is 13.2 Å². The van der Waals surface area contributed by atoms with Gasteiger partial charge in [-0.1, -0.05) is 24.1 Å². The highest BCUT2D eigenvalue weighted by atomic mass is 19.4. The summed E-state index contributed by atoms with van der Waals surface area (Å²) in [6.45, 7) is 2.57. The van der Waals surface area contributed by atoms with Crippen LogP contribution in [0.5, 0.6) is 0 Å². The summed E-state index contributed by atoms with van der Waals surface area (Å²) in [6, 6.07) is 5.11. The molecule has 0 aromatic heterocycles. The second-order valence-electron chi connectivity index (χ2n) is 7.56. The first-order valence-corrected chi connectivity index (χ1v) is 9.66. The third-order valence-electron chi connectivity index (χ3n) is 5.53. The van der Waals surface area contributed by atoms with Gasteiger partial charge in [0, 0.05) is 26.2 Å². The lowest BCUT2D eigenvalue weighted by Crippen LogP contribution is -2.43. The Morgan fingerprint density at radius 2 is 1.93 bits per heavy atom. The quantitative estimate of drug-likeness (QED) is 0.760. The van der Waals surface area contributed by atoms with Gasteiger partial charge in [0.15, 0.2) is 0 Å². The van der Waals surface area contributed by atoms with E-state index in [-0.39, 0.29) is 24.9 Å². The lowest BCUT2D eigenvalue weighted by Gasteiger charge is -2.27. The highest BCUT2D eigenvalue weighted by Gasteiger charge is 2.53. The van der Waals surface area contributed by atoms with E-state index in [1.165, 1.54) is 6.07 Å². The van der Waals surface area contributed by atoms with E-state index in [2.05, 4.69) is 11.2 Å². The molecular weight excluding hydrogens is 383 g/mol. The molecule has 2 fully saturated rings. The second-order valence-corrected chi connectivity index (χ2v) is 7.56. The molecule has 0 spiro atoms. The molecule has 1 saturated heterocycles. The highest BCUT2D eigenvalue weighted by Crippen LogP contribution is 2.50. The third-order valence-corrected chi connectivity index (χ3v) is 5.53. The maximum absolute atomic E-state index is 13.2. The van der Waals surface area contributed by atoms with Crippen molar-refractivity contribution in [3.63, 3.8) is 0 Å². The summed E-state index contributed by atoms with van der Waals surface area (Å²) in [7, 11) is 0. The number of carbonyl (C=O) groups is 2. The molecule has 1 aromatic carbocycles. The van der Waals surface area contributed by atoms with Gasteiger partial charge >= 0.3 is 6.18 Å². The summed E-state index contributed by atoms with van der Waals surface area (Å²) in [5, 5.41) is 2.62. The molecule has 0 bridgehead atoms. The molecule has 0 radical (unpaired) electrons. The minimum atomic E-state index is -4.43. The van der Waals surface area contributed by atoms with Crippen LogP contribution < -0.4 is 5.32 Å². The summed E-state index contributed by atoms with van der Waals surface area (Å²) in [5.74, 6) is 2.07. The molecule has 29 heavy (non-hydrogen) atoms. The smallest absolute Gasteiger partial charge is 0.344 e. The molecule has 0 atom stereocenters. The number of amides is 2. The van der Waals surface area contributed by atoms with Crippen LogP contribution in [0.15, 0.2) is 24.3 Å². The van der Waals surface area contributed by atoms with Crippen LogP contribution in [0.25, 0.3) is 0 Å². The number of nitrogens with zero attached hydrogens (tertiary/aromatic N) is 2. The number of rotatable bonds is 5. The lowest BCUT2D eigenvalue weighted by molar-refractivity contribution is -0.138. The molecule has 156 valence electrons. The Bertz CT molecular complexity index is 812. The minimum Gasteiger partial charge on any atom is -0.344 e. The predicted molar refractivity (Wildman–Crippen MR) is 102 cm³/mol. The van der Waals surface area contributed by atoms with Crippen molar-refractivity contribution >= 4 is 11.8 Å². The Hall–Kier alpha value is -2.53. The fourth-order valence-electron chi connectivity index (χ4n) is 3.79. The number of hydrogen-bond donors (Lipinski definition) is 1. The maximum Gasteiger partial charge on any atom is 0.416 e. The summed E-state index contributed by atoms with van der Waals surface area (Å²) in [6.07, 6.45) is 2.51. The first-order valence-electron chi connectivity index (χ1n) is 9.66. The topological polar surface area (TPSA) is 52.7 Å². The van der Waals surface area contributed by atoms with E-state index in [1.807, 2.05) is 4.90 Å². The van der Waals surface area contributed by atoms with Crippen molar-refractivity contribution in [2.45, 2.75) is 30.9 Å². The van der Waals surface area contributed by atoms with Gasteiger partial charge in [-0.3, -0.25) is 14.5 Å². The van der Waals surface area contributed by atoms with Crippen LogP contribution in [0, 0.1) is 12.3 Å². The largest absolute Gasteiger partial charge is 0.416 e. The molecule has 1 heterocycles. The average Bonchev–Trinajstić information content (AvgIpc) is 3.51. The molecule has 1 saturated carbocycles. The van der Waals surface area contributed by atoms with Crippen molar-refractivity contribution < 1.29 is 22.8 Å². The highest BCUT2D eigenvalue weighted by molar-refractivity contribution is 5.91. The predicted octanol–water partition coefficient (Wildman–Crippen LogP) is 2.02. The minimum absolute atomic E-state index is 0.115. The van der Waals surface area contributed by atoms with Gasteiger partial charge in [0.2, 0.25) is 11.8 Å². The standard InChI is InChI=1S/C21H24F3N3O2/c1-2-9-25-18(28)15-26-10-4-11-27(13-12-26)19(29)20(7-8-20)16-5-3-6-17(14-16)21(22,23)24/h1,3,5-6,14H,4,7-13,15H2,(H,25,28). The van der Waals surface area contributed by atoms with Gasteiger partial charge in [-0.15, -0.1) is 6.42 Å². The van der Waals surface area contributed by atoms with Crippen molar-refractivity contribution in [3.05, 3.63) is 35.4 Å². The van der Waals surface area contributed by atoms with Crippen molar-refractivity contribution in [3.8, 4) is 12.3 Å². The van der Waals surface area contributed by atoms with Crippen molar-refractivity contribution in [1.82, 2.24) is 15.1 Å². The summed E-state index contributed by atoms with van der Waals surface area (Å²) in [5.41, 5.74) is -1.14. The van der Waals surface area contributed by atoms with Crippen LogP contribution in [-0.2, 0) is 21.2 Å². The Labute approximate surface area is 168 Å². The van der Waals surface area contributed by atoms with E-state index in [0.717, 1.165) is 12.1 Å². The van der Waals surface area contributed by atoms with Crippen molar-refractivity contribution in [2.75, 3.05) is 39.3 Å². The first kappa shape index (κ1) is 21.2.